The van der Waals surface area contributed by atoms with Gasteiger partial charge in [0.05, 0.1) is 17.1 Å². The van der Waals surface area contributed by atoms with E-state index in [0.717, 1.165) is 44.1 Å². The third-order valence-electron chi connectivity index (χ3n) is 9.24. The van der Waals surface area contributed by atoms with Crippen molar-refractivity contribution < 1.29 is 23.9 Å². The molecule has 0 aromatic carbocycles. The molecule has 3 aliphatic heterocycles. The van der Waals surface area contributed by atoms with Gasteiger partial charge in [0, 0.05) is 50.5 Å². The summed E-state index contributed by atoms with van der Waals surface area (Å²) in [6.07, 6.45) is 9.87. The molecule has 11 nitrogen and oxygen atoms in total. The maximum atomic E-state index is 13.7. The van der Waals surface area contributed by atoms with Crippen molar-refractivity contribution in [2.75, 3.05) is 37.1 Å². The van der Waals surface area contributed by atoms with Crippen molar-refractivity contribution in [2.45, 2.75) is 75.8 Å². The Morgan fingerprint density at radius 2 is 1.80 bits per heavy atom. The Kier molecular flexibility index (Phi) is 7.59. The van der Waals surface area contributed by atoms with Crippen molar-refractivity contribution in [3.8, 4) is 0 Å². The van der Waals surface area contributed by atoms with Crippen molar-refractivity contribution in [3.63, 3.8) is 0 Å². The molecule has 3 fully saturated rings. The molecule has 0 bridgehead atoms. The fourth-order valence-corrected chi connectivity index (χ4v) is 6.74. The molecule has 6 rings (SSSR count). The zero-order chi connectivity index (χ0) is 27.7. The van der Waals surface area contributed by atoms with E-state index in [1.165, 1.54) is 0 Å². The molecule has 3 N–H and O–H groups in total. The molecule has 11 heteroatoms. The summed E-state index contributed by atoms with van der Waals surface area (Å²) in [5.41, 5.74) is 1.36. The molecular weight excluding hydrogens is 512 g/mol. The van der Waals surface area contributed by atoms with Crippen LogP contribution in [-0.4, -0.2) is 65.0 Å². The van der Waals surface area contributed by atoms with Crippen LogP contribution in [-0.2, 0) is 24.5 Å². The number of nitrogens with one attached hydrogen (secondary N) is 3. The minimum Gasteiger partial charge on any atom is -0.381 e. The van der Waals surface area contributed by atoms with Gasteiger partial charge in [0.1, 0.15) is 17.6 Å². The quantitative estimate of drug-likeness (QED) is 0.502. The number of carbonyl (C=O) groups is 3. The summed E-state index contributed by atoms with van der Waals surface area (Å²) in [6, 6.07) is 2.80. The molecule has 1 aliphatic carbocycles. The van der Waals surface area contributed by atoms with Gasteiger partial charge in [-0.25, -0.2) is 4.98 Å². The van der Waals surface area contributed by atoms with Gasteiger partial charge in [0.25, 0.3) is 5.91 Å². The minimum absolute atomic E-state index is 0.0132. The van der Waals surface area contributed by atoms with Crippen LogP contribution in [0.15, 0.2) is 24.5 Å². The van der Waals surface area contributed by atoms with Gasteiger partial charge in [-0.05, 0) is 56.4 Å². The molecule has 3 amide bonds. The van der Waals surface area contributed by atoms with E-state index >= 15 is 0 Å². The first kappa shape index (κ1) is 26.9. The van der Waals surface area contributed by atoms with Gasteiger partial charge in [0.15, 0.2) is 0 Å². The number of hydrogen-bond acceptors (Lipinski definition) is 7. The van der Waals surface area contributed by atoms with Crippen molar-refractivity contribution in [3.05, 3.63) is 35.8 Å². The lowest BCUT2D eigenvalue weighted by Crippen LogP contribution is -2.50. The second-order valence-corrected chi connectivity index (χ2v) is 11.7. The third-order valence-corrected chi connectivity index (χ3v) is 9.24. The highest BCUT2D eigenvalue weighted by Crippen LogP contribution is 2.44. The number of hydrogen-bond donors (Lipinski definition) is 3. The maximum Gasteiger partial charge on any atom is 0.270 e. The molecule has 40 heavy (non-hydrogen) atoms. The molecule has 2 aromatic heterocycles. The number of anilines is 2. The Bertz CT molecular complexity index is 1260. The predicted molar refractivity (Wildman–Crippen MR) is 147 cm³/mol. The Hall–Kier alpha value is -3.31. The SMILES string of the molecule is C[C@H]1CC[C@H]([C@H](NC(=O)c2ccnn2C2CCOCC2)C(=O)Nc2cc3c(cn2)C2(CCOCC2)C(=O)N3)CC1. The Labute approximate surface area is 233 Å². The Morgan fingerprint density at radius 3 is 2.55 bits per heavy atom. The van der Waals surface area contributed by atoms with E-state index in [9.17, 15) is 14.4 Å². The maximum absolute atomic E-state index is 13.7. The van der Waals surface area contributed by atoms with Gasteiger partial charge < -0.3 is 25.4 Å². The number of fused-ring (bicyclic) bond motifs is 2. The van der Waals surface area contributed by atoms with Crippen LogP contribution >= 0.6 is 0 Å². The summed E-state index contributed by atoms with van der Waals surface area (Å²) >= 11 is 0. The molecule has 1 saturated carbocycles. The van der Waals surface area contributed by atoms with Gasteiger partial charge in [-0.1, -0.05) is 19.8 Å². The van der Waals surface area contributed by atoms with Crippen LogP contribution in [0.25, 0.3) is 0 Å². The Morgan fingerprint density at radius 1 is 1.07 bits per heavy atom. The summed E-state index contributed by atoms with van der Waals surface area (Å²) in [5, 5.41) is 13.4. The van der Waals surface area contributed by atoms with Gasteiger partial charge in [-0.15, -0.1) is 0 Å². The van der Waals surface area contributed by atoms with Crippen LogP contribution in [0.4, 0.5) is 11.5 Å². The number of pyridine rings is 1. The average molecular weight is 551 g/mol. The lowest BCUT2D eigenvalue weighted by molar-refractivity contribution is -0.124. The van der Waals surface area contributed by atoms with E-state index in [4.69, 9.17) is 9.47 Å². The average Bonchev–Trinajstić information content (AvgIpc) is 3.56. The second kappa shape index (κ2) is 11.3. The zero-order valence-electron chi connectivity index (χ0n) is 23.0. The van der Waals surface area contributed by atoms with Crippen LogP contribution in [0.3, 0.4) is 0 Å². The molecule has 4 aliphatic rings. The number of nitrogens with zero attached hydrogens (tertiary/aromatic N) is 3. The first-order valence-electron chi connectivity index (χ1n) is 14.6. The summed E-state index contributed by atoms with van der Waals surface area (Å²) in [6.45, 7) is 4.56. The minimum atomic E-state index is -0.718. The Balaban J connectivity index is 1.21. The fourth-order valence-electron chi connectivity index (χ4n) is 6.74. The summed E-state index contributed by atoms with van der Waals surface area (Å²) < 4.78 is 12.7. The van der Waals surface area contributed by atoms with E-state index < -0.39 is 11.5 Å². The molecule has 5 heterocycles. The van der Waals surface area contributed by atoms with Crippen molar-refractivity contribution >= 4 is 29.2 Å². The van der Waals surface area contributed by atoms with Crippen molar-refractivity contribution in [1.29, 1.82) is 0 Å². The molecule has 1 atom stereocenters. The van der Waals surface area contributed by atoms with E-state index in [1.807, 2.05) is 0 Å². The van der Waals surface area contributed by atoms with Gasteiger partial charge in [-0.3, -0.25) is 19.1 Å². The standard InChI is InChI=1S/C29H38N6O5/c1-18-2-4-19(5-3-18)25(34-26(36)23-6-11-31-35(23)20-7-12-39-13-8-20)27(37)33-24-16-22-21(17-30-24)29(28(38)32-22)9-14-40-15-10-29/h6,11,16-20,25H,2-5,7-10,12-15H2,1H3,(H,32,38)(H,34,36)(H,30,33,37)/t18-,19-,25-/m0/s1. The topological polar surface area (TPSA) is 136 Å². The van der Waals surface area contributed by atoms with Crippen LogP contribution < -0.4 is 16.0 Å². The highest BCUT2D eigenvalue weighted by molar-refractivity contribution is 6.07. The highest BCUT2D eigenvalue weighted by Gasteiger charge is 2.48. The highest BCUT2D eigenvalue weighted by atomic mass is 16.5. The summed E-state index contributed by atoms with van der Waals surface area (Å²) in [5.74, 6) is 0.313. The first-order chi connectivity index (χ1) is 19.4. The number of aromatic nitrogens is 3. The number of amides is 3. The van der Waals surface area contributed by atoms with E-state index in [0.29, 0.717) is 62.4 Å². The molecule has 214 valence electrons. The molecule has 1 spiro atoms. The number of ether oxygens (including phenoxy) is 2. The fraction of sp³-hybridized carbons (Fsp3) is 0.621. The summed E-state index contributed by atoms with van der Waals surface area (Å²) in [4.78, 5) is 44.7. The van der Waals surface area contributed by atoms with Crippen LogP contribution in [0.1, 0.15) is 80.4 Å². The molecule has 2 aromatic rings. The lowest BCUT2D eigenvalue weighted by atomic mass is 9.76. The van der Waals surface area contributed by atoms with Crippen LogP contribution in [0.5, 0.6) is 0 Å². The van der Waals surface area contributed by atoms with E-state index in [1.54, 1.807) is 29.2 Å². The largest absolute Gasteiger partial charge is 0.381 e. The van der Waals surface area contributed by atoms with Crippen molar-refractivity contribution in [2.24, 2.45) is 11.8 Å². The smallest absolute Gasteiger partial charge is 0.270 e. The monoisotopic (exact) mass is 550 g/mol. The van der Waals surface area contributed by atoms with E-state index in [2.05, 4.69) is 33.0 Å². The van der Waals surface area contributed by atoms with Gasteiger partial charge >= 0.3 is 0 Å². The predicted octanol–water partition coefficient (Wildman–Crippen LogP) is 3.19. The summed E-state index contributed by atoms with van der Waals surface area (Å²) in [7, 11) is 0. The van der Waals surface area contributed by atoms with Crippen molar-refractivity contribution in [1.82, 2.24) is 20.1 Å². The molecule has 2 saturated heterocycles. The van der Waals surface area contributed by atoms with E-state index in [-0.39, 0.29) is 29.7 Å². The number of rotatable bonds is 6. The lowest BCUT2D eigenvalue weighted by Gasteiger charge is -2.32. The number of carbonyl (C=O) groups excluding carboxylic acids is 3. The second-order valence-electron chi connectivity index (χ2n) is 11.7. The van der Waals surface area contributed by atoms with Crippen LogP contribution in [0, 0.1) is 11.8 Å². The van der Waals surface area contributed by atoms with Crippen LogP contribution in [0.2, 0.25) is 0 Å². The normalized spacial score (nSPS) is 25.2. The molecule has 0 radical (unpaired) electrons. The molecular formula is C29H38N6O5. The van der Waals surface area contributed by atoms with Gasteiger partial charge in [-0.2, -0.15) is 5.10 Å². The zero-order valence-corrected chi connectivity index (χ0v) is 23.0. The molecule has 0 unspecified atom stereocenters. The van der Waals surface area contributed by atoms with Gasteiger partial charge in [0.2, 0.25) is 11.8 Å². The third kappa shape index (κ3) is 5.12. The first-order valence-corrected chi connectivity index (χ1v) is 14.6.